The van der Waals surface area contributed by atoms with E-state index in [1.165, 1.54) is 32.2 Å². The van der Waals surface area contributed by atoms with E-state index in [1.807, 2.05) is 35.2 Å². The summed E-state index contributed by atoms with van der Waals surface area (Å²) in [7, 11) is 0. The van der Waals surface area contributed by atoms with Crippen molar-refractivity contribution in [3.8, 4) is 5.75 Å². The molecule has 25 heavy (non-hydrogen) atoms. The van der Waals surface area contributed by atoms with Crippen LogP contribution in [0.2, 0.25) is 0 Å². The Morgan fingerprint density at radius 2 is 1.96 bits per heavy atom. The Morgan fingerprint density at radius 3 is 2.76 bits per heavy atom. The van der Waals surface area contributed by atoms with Crippen LogP contribution < -0.4 is 4.74 Å². The molecule has 1 aromatic carbocycles. The third kappa shape index (κ3) is 3.98. The van der Waals surface area contributed by atoms with Gasteiger partial charge in [-0.05, 0) is 30.9 Å². The Labute approximate surface area is 149 Å². The quantitative estimate of drug-likeness (QED) is 0.821. The maximum absolute atomic E-state index is 12.5. The molecule has 136 valence electrons. The Balaban J connectivity index is 1.31. The lowest BCUT2D eigenvalue weighted by atomic mass is 10.0. The zero-order valence-corrected chi connectivity index (χ0v) is 14.8. The molecule has 0 N–H and O–H groups in total. The van der Waals surface area contributed by atoms with E-state index in [-0.39, 0.29) is 18.6 Å². The van der Waals surface area contributed by atoms with Crippen molar-refractivity contribution in [2.75, 3.05) is 39.4 Å². The van der Waals surface area contributed by atoms with Gasteiger partial charge in [0, 0.05) is 26.2 Å². The molecule has 0 unspecified atom stereocenters. The van der Waals surface area contributed by atoms with Gasteiger partial charge in [0.1, 0.15) is 5.75 Å². The lowest BCUT2D eigenvalue weighted by molar-refractivity contribution is -0.132. The van der Waals surface area contributed by atoms with Crippen LogP contribution in [0.4, 0.5) is 0 Å². The van der Waals surface area contributed by atoms with Gasteiger partial charge in [0.15, 0.2) is 6.61 Å². The molecule has 3 fully saturated rings. The second-order valence-corrected chi connectivity index (χ2v) is 7.52. The first kappa shape index (κ1) is 16.9. The van der Waals surface area contributed by atoms with Crippen molar-refractivity contribution >= 4 is 5.91 Å². The molecule has 5 nitrogen and oxygen atoms in total. The number of carbonyl (C=O) groups is 1. The Bertz CT molecular complexity index is 574. The summed E-state index contributed by atoms with van der Waals surface area (Å²) < 4.78 is 11.6. The molecule has 1 aromatic rings. The number of rotatable bonds is 5. The van der Waals surface area contributed by atoms with Gasteiger partial charge in [-0.2, -0.15) is 0 Å². The van der Waals surface area contributed by atoms with E-state index in [1.54, 1.807) is 0 Å². The molecule has 4 rings (SSSR count). The van der Waals surface area contributed by atoms with Gasteiger partial charge in [-0.3, -0.25) is 9.69 Å². The number of benzene rings is 1. The molecule has 2 atom stereocenters. The Morgan fingerprint density at radius 1 is 1.16 bits per heavy atom. The molecule has 0 spiro atoms. The number of amides is 1. The lowest BCUT2D eigenvalue weighted by Crippen LogP contribution is -2.52. The number of carbonyl (C=O) groups excluding carboxylic acids is 1. The maximum atomic E-state index is 12.5. The van der Waals surface area contributed by atoms with Crippen molar-refractivity contribution in [1.29, 1.82) is 0 Å². The average molecular weight is 344 g/mol. The van der Waals surface area contributed by atoms with Gasteiger partial charge in [0.2, 0.25) is 0 Å². The fourth-order valence-electron chi connectivity index (χ4n) is 4.47. The Kier molecular flexibility index (Phi) is 5.22. The zero-order valence-electron chi connectivity index (χ0n) is 14.8. The van der Waals surface area contributed by atoms with E-state index in [0.717, 1.165) is 31.4 Å². The van der Waals surface area contributed by atoms with E-state index in [2.05, 4.69) is 4.90 Å². The summed E-state index contributed by atoms with van der Waals surface area (Å²) in [6, 6.07) is 9.89. The molecule has 1 amide bonds. The van der Waals surface area contributed by atoms with Gasteiger partial charge >= 0.3 is 0 Å². The van der Waals surface area contributed by atoms with E-state index < -0.39 is 0 Å². The van der Waals surface area contributed by atoms with Crippen LogP contribution in [0.3, 0.4) is 0 Å². The fourth-order valence-corrected chi connectivity index (χ4v) is 4.47. The highest BCUT2D eigenvalue weighted by atomic mass is 16.5. The van der Waals surface area contributed by atoms with Crippen LogP contribution in [-0.4, -0.2) is 67.2 Å². The van der Waals surface area contributed by atoms with Crippen molar-refractivity contribution in [1.82, 2.24) is 9.80 Å². The van der Waals surface area contributed by atoms with Gasteiger partial charge in [-0.1, -0.05) is 31.0 Å². The van der Waals surface area contributed by atoms with Crippen LogP contribution in [-0.2, 0) is 9.53 Å². The molecule has 3 aliphatic rings. The normalized spacial score (nSPS) is 27.4. The van der Waals surface area contributed by atoms with Gasteiger partial charge in [-0.15, -0.1) is 0 Å². The van der Waals surface area contributed by atoms with Crippen molar-refractivity contribution in [3.05, 3.63) is 30.3 Å². The van der Waals surface area contributed by atoms with Gasteiger partial charge in [0.25, 0.3) is 5.91 Å². The number of fused-ring (bicyclic) bond motifs is 1. The molecule has 1 saturated carbocycles. The van der Waals surface area contributed by atoms with Gasteiger partial charge in [0.05, 0.1) is 18.8 Å². The summed E-state index contributed by atoms with van der Waals surface area (Å²) in [5.41, 5.74) is 0. The minimum absolute atomic E-state index is 0.0580. The number of likely N-dealkylation sites (tertiary alicyclic amines) is 1. The smallest absolute Gasteiger partial charge is 0.260 e. The standard InChI is InChI=1S/C20H28N2O3/c23-20(15-25-17-8-2-1-3-9-17)22-13-18-19(14-22)24-11-10-21(18)12-16-6-4-5-7-16/h1-3,8-9,16,18-19H,4-7,10-15H2/t18-,19+/m1/s1. The van der Waals surface area contributed by atoms with Crippen LogP contribution in [0, 0.1) is 5.92 Å². The lowest BCUT2D eigenvalue weighted by Gasteiger charge is -2.38. The first-order valence-electron chi connectivity index (χ1n) is 9.61. The SMILES string of the molecule is O=C(COc1ccccc1)N1C[C@@H]2OCCN(CC3CCCC3)[C@@H]2C1. The molecular formula is C20H28N2O3. The highest BCUT2D eigenvalue weighted by Crippen LogP contribution is 2.29. The van der Waals surface area contributed by atoms with E-state index >= 15 is 0 Å². The van der Waals surface area contributed by atoms with Gasteiger partial charge in [-0.25, -0.2) is 0 Å². The van der Waals surface area contributed by atoms with Crippen molar-refractivity contribution in [2.45, 2.75) is 37.8 Å². The monoisotopic (exact) mass is 344 g/mol. The van der Waals surface area contributed by atoms with E-state index in [9.17, 15) is 4.79 Å². The number of ether oxygens (including phenoxy) is 2. The summed E-state index contributed by atoms with van der Waals surface area (Å²) in [6.07, 6.45) is 5.65. The highest BCUT2D eigenvalue weighted by Gasteiger charge is 2.42. The van der Waals surface area contributed by atoms with Crippen LogP contribution in [0.5, 0.6) is 5.75 Å². The molecule has 0 bridgehead atoms. The number of hydrogen-bond donors (Lipinski definition) is 0. The summed E-state index contributed by atoms with van der Waals surface area (Å²) in [6.45, 7) is 4.53. The van der Waals surface area contributed by atoms with E-state index in [4.69, 9.17) is 9.47 Å². The van der Waals surface area contributed by atoms with Crippen molar-refractivity contribution in [2.24, 2.45) is 5.92 Å². The summed E-state index contributed by atoms with van der Waals surface area (Å²) in [5, 5.41) is 0. The fraction of sp³-hybridized carbons (Fsp3) is 0.650. The minimum Gasteiger partial charge on any atom is -0.484 e. The second kappa shape index (κ2) is 7.75. The first-order chi connectivity index (χ1) is 12.3. The predicted molar refractivity (Wildman–Crippen MR) is 95.6 cm³/mol. The van der Waals surface area contributed by atoms with E-state index in [0.29, 0.717) is 12.6 Å². The third-order valence-corrected chi connectivity index (χ3v) is 5.84. The molecule has 2 saturated heterocycles. The van der Waals surface area contributed by atoms with Gasteiger partial charge < -0.3 is 14.4 Å². The second-order valence-electron chi connectivity index (χ2n) is 7.52. The van der Waals surface area contributed by atoms with Crippen LogP contribution in [0.1, 0.15) is 25.7 Å². The maximum Gasteiger partial charge on any atom is 0.260 e. The molecule has 5 heteroatoms. The third-order valence-electron chi connectivity index (χ3n) is 5.84. The average Bonchev–Trinajstić information content (AvgIpc) is 3.30. The zero-order chi connectivity index (χ0) is 17.1. The van der Waals surface area contributed by atoms with Crippen LogP contribution in [0.15, 0.2) is 30.3 Å². The largest absolute Gasteiger partial charge is 0.484 e. The molecule has 1 aliphatic carbocycles. The van der Waals surface area contributed by atoms with Crippen LogP contribution >= 0.6 is 0 Å². The topological polar surface area (TPSA) is 42.0 Å². The number of nitrogens with zero attached hydrogens (tertiary/aromatic N) is 2. The molecule has 2 heterocycles. The molecule has 2 aliphatic heterocycles. The molecular weight excluding hydrogens is 316 g/mol. The van der Waals surface area contributed by atoms with Crippen molar-refractivity contribution in [3.63, 3.8) is 0 Å². The summed E-state index contributed by atoms with van der Waals surface area (Å²) in [4.78, 5) is 17.0. The summed E-state index contributed by atoms with van der Waals surface area (Å²) >= 11 is 0. The van der Waals surface area contributed by atoms with Crippen LogP contribution in [0.25, 0.3) is 0 Å². The summed E-state index contributed by atoms with van der Waals surface area (Å²) in [5.74, 6) is 1.64. The number of para-hydroxylation sites is 1. The molecule has 0 radical (unpaired) electrons. The highest BCUT2D eigenvalue weighted by molar-refractivity contribution is 5.78. The number of morpholine rings is 1. The Hall–Kier alpha value is -1.59. The first-order valence-corrected chi connectivity index (χ1v) is 9.61. The van der Waals surface area contributed by atoms with Crippen molar-refractivity contribution < 1.29 is 14.3 Å². The predicted octanol–water partition coefficient (Wildman–Crippen LogP) is 2.17. The molecule has 0 aromatic heterocycles. The number of hydrogen-bond acceptors (Lipinski definition) is 4. The minimum atomic E-state index is 0.0580.